The highest BCUT2D eigenvalue weighted by molar-refractivity contribution is 5.73. The Morgan fingerprint density at radius 1 is 0.963 bits per heavy atom. The summed E-state index contributed by atoms with van der Waals surface area (Å²) in [6.07, 6.45) is 0.887. The molecule has 0 heterocycles. The van der Waals surface area contributed by atoms with Crippen LogP contribution in [0.25, 0.3) is 0 Å². The van der Waals surface area contributed by atoms with Crippen LogP contribution in [0.15, 0.2) is 54.6 Å². The summed E-state index contributed by atoms with van der Waals surface area (Å²) in [5.41, 5.74) is 1.21. The summed E-state index contributed by atoms with van der Waals surface area (Å²) in [6, 6.07) is 17.5. The Morgan fingerprint density at radius 2 is 1.63 bits per heavy atom. The van der Waals surface area contributed by atoms with Gasteiger partial charge in [-0.2, -0.15) is 0 Å². The Hall–Kier alpha value is -2.89. The van der Waals surface area contributed by atoms with Crippen molar-refractivity contribution in [3.8, 4) is 11.5 Å². The van der Waals surface area contributed by atoms with Gasteiger partial charge in [-0.15, -0.1) is 0 Å². The van der Waals surface area contributed by atoms with Gasteiger partial charge in [0.2, 0.25) is 0 Å². The Balaban J connectivity index is 1.55. The molecule has 6 nitrogen and oxygen atoms in total. The molecule has 0 radical (unpaired) electrons. The van der Waals surface area contributed by atoms with Crippen LogP contribution in [0.4, 0.5) is 10.5 Å². The van der Waals surface area contributed by atoms with Crippen molar-refractivity contribution in [3.05, 3.63) is 54.6 Å². The average molecular weight is 371 g/mol. The predicted octanol–water partition coefficient (Wildman–Crippen LogP) is 3.29. The minimum Gasteiger partial charge on any atom is -0.497 e. The summed E-state index contributed by atoms with van der Waals surface area (Å²) in [5, 5.41) is 5.67. The monoisotopic (exact) mass is 371 g/mol. The molecule has 2 aromatic carbocycles. The minimum absolute atomic E-state index is 0.170. The molecule has 0 aliphatic heterocycles. The molecule has 2 amide bonds. The molecule has 0 saturated heterocycles. The lowest BCUT2D eigenvalue weighted by atomic mass is 10.2. The Kier molecular flexibility index (Phi) is 8.83. The molecule has 2 N–H and O–H groups in total. The van der Waals surface area contributed by atoms with E-state index in [9.17, 15) is 4.79 Å². The standard InChI is InChI=1S/C21H29N3O3/c1-3-24(18-8-5-4-6-9-18)16-7-14-22-21(25)23-15-17-27-20-12-10-19(26-2)11-13-20/h4-6,8-13H,3,7,14-17H2,1-2H3,(H2,22,23,25). The molecule has 0 fully saturated rings. The fourth-order valence-corrected chi connectivity index (χ4v) is 2.65. The van der Waals surface area contributed by atoms with Gasteiger partial charge in [0, 0.05) is 25.3 Å². The first kappa shape index (κ1) is 20.4. The van der Waals surface area contributed by atoms with E-state index in [0.717, 1.165) is 31.0 Å². The van der Waals surface area contributed by atoms with E-state index in [2.05, 4.69) is 34.6 Å². The highest BCUT2D eigenvalue weighted by Gasteiger charge is 2.04. The number of hydrogen-bond donors (Lipinski definition) is 2. The van der Waals surface area contributed by atoms with Gasteiger partial charge in [0.25, 0.3) is 0 Å². The third-order valence-electron chi connectivity index (χ3n) is 4.11. The smallest absolute Gasteiger partial charge is 0.314 e. The second-order valence-corrected chi connectivity index (χ2v) is 5.98. The van der Waals surface area contributed by atoms with Gasteiger partial charge in [-0.3, -0.25) is 0 Å². The number of methoxy groups -OCH3 is 1. The molecule has 0 bridgehead atoms. The first-order valence-electron chi connectivity index (χ1n) is 9.31. The van der Waals surface area contributed by atoms with Gasteiger partial charge in [0.05, 0.1) is 13.7 Å². The van der Waals surface area contributed by atoms with Crippen LogP contribution in [0.1, 0.15) is 13.3 Å². The van der Waals surface area contributed by atoms with Gasteiger partial charge >= 0.3 is 6.03 Å². The number of ether oxygens (including phenoxy) is 2. The number of nitrogens with one attached hydrogen (secondary N) is 2. The molecule has 0 aliphatic rings. The zero-order valence-electron chi connectivity index (χ0n) is 16.1. The van der Waals surface area contributed by atoms with Crippen LogP contribution in [0.2, 0.25) is 0 Å². The van der Waals surface area contributed by atoms with Crippen LogP contribution < -0.4 is 25.0 Å². The SMILES string of the molecule is CCN(CCCNC(=O)NCCOc1ccc(OC)cc1)c1ccccc1. The van der Waals surface area contributed by atoms with E-state index < -0.39 is 0 Å². The summed E-state index contributed by atoms with van der Waals surface area (Å²) >= 11 is 0. The van der Waals surface area contributed by atoms with Crippen molar-refractivity contribution in [1.29, 1.82) is 0 Å². The van der Waals surface area contributed by atoms with Gasteiger partial charge in [0.15, 0.2) is 0 Å². The molecule has 0 spiro atoms. The maximum Gasteiger partial charge on any atom is 0.314 e. The van der Waals surface area contributed by atoms with E-state index in [0.29, 0.717) is 19.7 Å². The summed E-state index contributed by atoms with van der Waals surface area (Å²) in [6.45, 7) is 5.48. The van der Waals surface area contributed by atoms with Crippen molar-refractivity contribution in [2.45, 2.75) is 13.3 Å². The third-order valence-corrected chi connectivity index (χ3v) is 4.11. The summed E-state index contributed by atoms with van der Waals surface area (Å²) < 4.78 is 10.7. The van der Waals surface area contributed by atoms with Crippen molar-refractivity contribution in [3.63, 3.8) is 0 Å². The molecular weight excluding hydrogens is 342 g/mol. The first-order chi connectivity index (χ1) is 13.2. The van der Waals surface area contributed by atoms with E-state index in [1.54, 1.807) is 7.11 Å². The second-order valence-electron chi connectivity index (χ2n) is 5.98. The number of para-hydroxylation sites is 1. The van der Waals surface area contributed by atoms with Crippen molar-refractivity contribution < 1.29 is 14.3 Å². The van der Waals surface area contributed by atoms with Crippen molar-refractivity contribution in [2.75, 3.05) is 44.8 Å². The van der Waals surface area contributed by atoms with Crippen LogP contribution in [0, 0.1) is 0 Å². The lowest BCUT2D eigenvalue weighted by molar-refractivity contribution is 0.236. The number of hydrogen-bond acceptors (Lipinski definition) is 4. The number of urea groups is 1. The number of carbonyl (C=O) groups excluding carboxylic acids is 1. The lowest BCUT2D eigenvalue weighted by Crippen LogP contribution is -2.39. The lowest BCUT2D eigenvalue weighted by Gasteiger charge is -2.23. The van der Waals surface area contributed by atoms with E-state index in [4.69, 9.17) is 9.47 Å². The molecule has 6 heteroatoms. The highest BCUT2D eigenvalue weighted by atomic mass is 16.5. The van der Waals surface area contributed by atoms with Crippen LogP contribution in [0.3, 0.4) is 0 Å². The van der Waals surface area contributed by atoms with Crippen LogP contribution >= 0.6 is 0 Å². The van der Waals surface area contributed by atoms with Gasteiger partial charge in [0.1, 0.15) is 18.1 Å². The van der Waals surface area contributed by atoms with Gasteiger partial charge < -0.3 is 25.0 Å². The van der Waals surface area contributed by atoms with Crippen LogP contribution in [0.5, 0.6) is 11.5 Å². The van der Waals surface area contributed by atoms with Crippen LogP contribution in [-0.2, 0) is 0 Å². The van der Waals surface area contributed by atoms with Crippen molar-refractivity contribution >= 4 is 11.7 Å². The Labute approximate surface area is 161 Å². The largest absolute Gasteiger partial charge is 0.497 e. The Bertz CT molecular complexity index is 662. The molecule has 0 unspecified atom stereocenters. The van der Waals surface area contributed by atoms with Gasteiger partial charge in [-0.05, 0) is 49.7 Å². The summed E-state index contributed by atoms with van der Waals surface area (Å²) in [7, 11) is 1.62. The third kappa shape index (κ3) is 7.48. The Morgan fingerprint density at radius 3 is 2.30 bits per heavy atom. The zero-order valence-corrected chi connectivity index (χ0v) is 16.1. The number of rotatable bonds is 11. The summed E-state index contributed by atoms with van der Waals surface area (Å²) in [5.74, 6) is 1.53. The predicted molar refractivity (Wildman–Crippen MR) is 109 cm³/mol. The molecule has 0 saturated carbocycles. The number of anilines is 1. The maximum absolute atomic E-state index is 11.8. The molecular formula is C21H29N3O3. The number of amides is 2. The quantitative estimate of drug-likeness (QED) is 0.595. The topological polar surface area (TPSA) is 62.8 Å². The molecule has 146 valence electrons. The van der Waals surface area contributed by atoms with E-state index >= 15 is 0 Å². The zero-order chi connectivity index (χ0) is 19.3. The summed E-state index contributed by atoms with van der Waals surface area (Å²) in [4.78, 5) is 14.1. The van der Waals surface area contributed by atoms with Gasteiger partial charge in [-0.25, -0.2) is 4.79 Å². The fraction of sp³-hybridized carbons (Fsp3) is 0.381. The molecule has 2 rings (SSSR count). The fourth-order valence-electron chi connectivity index (χ4n) is 2.65. The molecule has 2 aromatic rings. The minimum atomic E-state index is -0.170. The molecule has 0 atom stereocenters. The van der Waals surface area contributed by atoms with Gasteiger partial charge in [-0.1, -0.05) is 18.2 Å². The molecule has 27 heavy (non-hydrogen) atoms. The number of carbonyl (C=O) groups is 1. The maximum atomic E-state index is 11.8. The van der Waals surface area contributed by atoms with E-state index in [-0.39, 0.29) is 6.03 Å². The molecule has 0 aliphatic carbocycles. The van der Waals surface area contributed by atoms with Crippen LogP contribution in [-0.4, -0.2) is 45.9 Å². The first-order valence-corrected chi connectivity index (χ1v) is 9.31. The van der Waals surface area contributed by atoms with Crippen molar-refractivity contribution in [1.82, 2.24) is 10.6 Å². The second kappa shape index (κ2) is 11.7. The van der Waals surface area contributed by atoms with Crippen molar-refractivity contribution in [2.24, 2.45) is 0 Å². The normalized spacial score (nSPS) is 10.1. The highest BCUT2D eigenvalue weighted by Crippen LogP contribution is 2.16. The average Bonchev–Trinajstić information content (AvgIpc) is 2.72. The number of benzene rings is 2. The number of nitrogens with zero attached hydrogens (tertiary/aromatic N) is 1. The van der Waals surface area contributed by atoms with E-state index in [1.165, 1.54) is 5.69 Å². The molecule has 0 aromatic heterocycles. The van der Waals surface area contributed by atoms with E-state index in [1.807, 2.05) is 42.5 Å².